The maximum absolute atomic E-state index is 13.8. The van der Waals surface area contributed by atoms with Crippen LogP contribution in [0.25, 0.3) is 44.6 Å². The van der Waals surface area contributed by atoms with E-state index in [0.29, 0.717) is 29.7 Å². The second kappa shape index (κ2) is 10.1. The lowest BCUT2D eigenvalue weighted by Crippen LogP contribution is -2.41. The summed E-state index contributed by atoms with van der Waals surface area (Å²) in [4.78, 5) is 32.7. The number of hydrogen-bond donors (Lipinski definition) is 3. The molecule has 2 aliphatic carbocycles. The average Bonchev–Trinajstić information content (AvgIpc) is 3.47. The molecule has 0 radical (unpaired) electrons. The van der Waals surface area contributed by atoms with E-state index in [1.54, 1.807) is 7.11 Å². The summed E-state index contributed by atoms with van der Waals surface area (Å²) < 4.78 is 10.4. The summed E-state index contributed by atoms with van der Waals surface area (Å²) in [7, 11) is 3.68. The van der Waals surface area contributed by atoms with Crippen molar-refractivity contribution in [1.82, 2.24) is 24.3 Å². The predicted octanol–water partition coefficient (Wildman–Crippen LogP) is 5.48. The highest BCUT2D eigenvalue weighted by atomic mass is 16.5. The van der Waals surface area contributed by atoms with Gasteiger partial charge in [-0.3, -0.25) is 4.79 Å². The zero-order valence-electron chi connectivity index (χ0n) is 26.0. The van der Waals surface area contributed by atoms with Crippen LogP contribution in [0.4, 0.5) is 10.5 Å². The summed E-state index contributed by atoms with van der Waals surface area (Å²) in [5.41, 5.74) is 15.0. The highest BCUT2D eigenvalue weighted by Crippen LogP contribution is 2.41. The number of imidazole rings is 1. The Labute approximate surface area is 266 Å². The zero-order valence-corrected chi connectivity index (χ0v) is 26.0. The Kier molecular flexibility index (Phi) is 6.02. The van der Waals surface area contributed by atoms with Crippen molar-refractivity contribution < 1.29 is 14.3 Å². The van der Waals surface area contributed by atoms with E-state index in [9.17, 15) is 9.59 Å². The van der Waals surface area contributed by atoms with Crippen molar-refractivity contribution in [2.75, 3.05) is 19.0 Å². The molecule has 3 fully saturated rings. The van der Waals surface area contributed by atoms with E-state index in [2.05, 4.69) is 56.2 Å². The van der Waals surface area contributed by atoms with Gasteiger partial charge >= 0.3 is 6.03 Å². The van der Waals surface area contributed by atoms with Crippen LogP contribution in [-0.4, -0.2) is 56.7 Å². The molecule has 46 heavy (non-hydrogen) atoms. The van der Waals surface area contributed by atoms with Gasteiger partial charge in [0.15, 0.2) is 5.82 Å². The van der Waals surface area contributed by atoms with Crippen molar-refractivity contribution in [3.8, 4) is 28.4 Å². The molecule has 0 spiro atoms. The van der Waals surface area contributed by atoms with Gasteiger partial charge in [-0.15, -0.1) is 0 Å². The molecule has 2 unspecified atom stereocenters. The number of nitrogens with zero attached hydrogens (tertiary/aromatic N) is 4. The van der Waals surface area contributed by atoms with Gasteiger partial charge in [-0.05, 0) is 90.6 Å². The van der Waals surface area contributed by atoms with Gasteiger partial charge in [0.2, 0.25) is 0 Å². The van der Waals surface area contributed by atoms with Crippen LogP contribution >= 0.6 is 0 Å². The molecule has 4 N–H and O–H groups in total. The molecule has 2 bridgehead atoms. The quantitative estimate of drug-likeness (QED) is 0.234. The van der Waals surface area contributed by atoms with Crippen LogP contribution in [0.1, 0.15) is 41.6 Å². The van der Waals surface area contributed by atoms with E-state index in [1.807, 2.05) is 30.1 Å². The number of rotatable bonds is 6. The highest BCUT2D eigenvalue weighted by molar-refractivity contribution is 6.01. The van der Waals surface area contributed by atoms with Crippen molar-refractivity contribution in [3.63, 3.8) is 0 Å². The average molecular weight is 616 g/mol. The summed E-state index contributed by atoms with van der Waals surface area (Å²) in [6, 6.07) is 18.8. The van der Waals surface area contributed by atoms with E-state index in [-0.39, 0.29) is 24.0 Å². The molecule has 2 saturated carbocycles. The van der Waals surface area contributed by atoms with Gasteiger partial charge in [-0.2, -0.15) is 0 Å². The summed E-state index contributed by atoms with van der Waals surface area (Å²) >= 11 is 0. The molecule has 234 valence electrons. The summed E-state index contributed by atoms with van der Waals surface area (Å²) in [6.45, 7) is 2.15. The number of carbonyl (C=O) groups is 2. The summed E-state index contributed by atoms with van der Waals surface area (Å²) in [5.74, 6) is 2.52. The molecule has 1 saturated heterocycles. The van der Waals surface area contributed by atoms with Crippen molar-refractivity contribution in [1.29, 1.82) is 0 Å². The maximum atomic E-state index is 13.8. The molecule has 2 aromatic heterocycles. The maximum Gasteiger partial charge on any atom is 0.319 e. The van der Waals surface area contributed by atoms with Crippen LogP contribution in [0.2, 0.25) is 0 Å². The monoisotopic (exact) mass is 615 g/mol. The number of methoxy groups -OCH3 is 1. The molecular formula is C36H37N7O3. The predicted molar refractivity (Wildman–Crippen MR) is 178 cm³/mol. The molecule has 9 rings (SSSR count). The first-order chi connectivity index (χ1) is 22.4. The first-order valence-electron chi connectivity index (χ1n) is 16.3. The number of likely N-dealkylation sites (tertiary alicyclic amines) is 1. The van der Waals surface area contributed by atoms with Crippen LogP contribution in [0.15, 0.2) is 54.6 Å². The molecule has 2 aliphatic heterocycles. The number of benzene rings is 3. The third kappa shape index (κ3) is 4.23. The summed E-state index contributed by atoms with van der Waals surface area (Å²) in [5, 5.41) is 6.90. The number of amides is 3. The number of piperidine rings is 1. The molecular weight excluding hydrogens is 578 g/mol. The Balaban J connectivity index is 1.13. The molecule has 4 heterocycles. The lowest BCUT2D eigenvalue weighted by Gasteiger charge is -2.27. The van der Waals surface area contributed by atoms with Gasteiger partial charge in [-0.25, -0.2) is 9.78 Å². The van der Waals surface area contributed by atoms with Gasteiger partial charge in [0.1, 0.15) is 11.3 Å². The number of nitrogens with one attached hydrogen (secondary N) is 2. The second-order valence-electron chi connectivity index (χ2n) is 13.5. The van der Waals surface area contributed by atoms with Crippen LogP contribution in [0.5, 0.6) is 5.75 Å². The first kappa shape index (κ1) is 27.5. The number of carbonyl (C=O) groups excluding carboxylic acids is 2. The molecule has 10 heteroatoms. The molecule has 10 nitrogen and oxygen atoms in total. The standard InChI is InChI=1S/C36H37N7O3/c1-41-33-27(12-24(15-31(33)46-2)35(44)43-18-23-8-10-28(43)32(23)37)39-34(41)30-14-22-6-5-21(13-29(22)42(30)17-19-3-4-19)20-7-9-26-25(11-20)16-38-36(45)40-26/h5-7,9,11-15,19,23,28,32H,3-4,8,10,16-18,37H2,1-2H3,(H2,38,40,45)/t23?,28?,32-/m1/s1. The van der Waals surface area contributed by atoms with Crippen molar-refractivity contribution >= 4 is 39.6 Å². The van der Waals surface area contributed by atoms with Gasteiger partial charge in [0, 0.05) is 60.9 Å². The minimum atomic E-state index is -0.169. The van der Waals surface area contributed by atoms with Crippen molar-refractivity contribution in [2.45, 2.75) is 50.9 Å². The third-order valence-corrected chi connectivity index (χ3v) is 10.7. The molecule has 3 atom stereocenters. The Morgan fingerprint density at radius 3 is 2.63 bits per heavy atom. The molecule has 5 aromatic rings. The van der Waals surface area contributed by atoms with Crippen LogP contribution in [0, 0.1) is 11.8 Å². The summed E-state index contributed by atoms with van der Waals surface area (Å²) in [6.07, 6.45) is 4.53. The van der Waals surface area contributed by atoms with E-state index in [4.69, 9.17) is 15.5 Å². The fourth-order valence-electron chi connectivity index (χ4n) is 8.02. The largest absolute Gasteiger partial charge is 0.494 e. The molecule has 3 aromatic carbocycles. The SMILES string of the molecule is COc1cc(C(=O)N2CC3CCC2[C@@H]3N)cc2nc(-c3cc4ccc(-c5ccc6c(c5)CNC(=O)N6)cc4n3CC3CC3)n(C)c12. The third-order valence-electron chi connectivity index (χ3n) is 10.7. The van der Waals surface area contributed by atoms with Crippen LogP contribution in [0.3, 0.4) is 0 Å². The molecule has 3 amide bonds. The number of fused-ring (bicyclic) bond motifs is 5. The number of urea groups is 1. The normalized spacial score (nSPS) is 21.9. The Hall–Kier alpha value is -4.83. The van der Waals surface area contributed by atoms with Gasteiger partial charge in [0.25, 0.3) is 5.91 Å². The second-order valence-corrected chi connectivity index (χ2v) is 13.5. The minimum Gasteiger partial charge on any atom is -0.494 e. The van der Waals surface area contributed by atoms with Crippen molar-refractivity contribution in [2.24, 2.45) is 24.6 Å². The topological polar surface area (TPSA) is 119 Å². The zero-order chi connectivity index (χ0) is 31.3. The van der Waals surface area contributed by atoms with E-state index in [0.717, 1.165) is 76.2 Å². The number of ether oxygens (including phenoxy) is 1. The Morgan fingerprint density at radius 2 is 1.87 bits per heavy atom. The van der Waals surface area contributed by atoms with E-state index in [1.165, 1.54) is 18.4 Å². The number of hydrogen-bond acceptors (Lipinski definition) is 5. The van der Waals surface area contributed by atoms with E-state index >= 15 is 0 Å². The Morgan fingerprint density at radius 1 is 1.04 bits per heavy atom. The van der Waals surface area contributed by atoms with Gasteiger partial charge < -0.3 is 35.1 Å². The fraction of sp³-hybridized carbons (Fsp3) is 0.361. The number of nitrogens with two attached hydrogens (primary N) is 1. The number of aryl methyl sites for hydroxylation is 1. The number of aromatic nitrogens is 3. The first-order valence-corrected chi connectivity index (χ1v) is 16.3. The van der Waals surface area contributed by atoms with Crippen LogP contribution < -0.4 is 21.1 Å². The smallest absolute Gasteiger partial charge is 0.319 e. The molecule has 4 aliphatic rings. The van der Waals surface area contributed by atoms with Crippen LogP contribution in [-0.2, 0) is 20.1 Å². The number of anilines is 1. The minimum absolute atomic E-state index is 0.00534. The fourth-order valence-corrected chi connectivity index (χ4v) is 8.02. The van der Waals surface area contributed by atoms with Gasteiger partial charge in [0.05, 0.1) is 18.3 Å². The Bertz CT molecular complexity index is 2090. The van der Waals surface area contributed by atoms with E-state index < -0.39 is 0 Å². The highest BCUT2D eigenvalue weighted by Gasteiger charge is 2.47. The van der Waals surface area contributed by atoms with Crippen molar-refractivity contribution in [3.05, 3.63) is 65.7 Å². The lowest BCUT2D eigenvalue weighted by atomic mass is 10.00. The van der Waals surface area contributed by atoms with Gasteiger partial charge in [-0.1, -0.05) is 18.2 Å². The lowest BCUT2D eigenvalue weighted by molar-refractivity contribution is 0.0700.